The molecule has 4 heterocycles. The second-order valence-electron chi connectivity index (χ2n) is 12.6. The highest BCUT2D eigenvalue weighted by Crippen LogP contribution is 2.46. The van der Waals surface area contributed by atoms with Crippen molar-refractivity contribution in [3.63, 3.8) is 0 Å². The molecule has 2 aromatic heterocycles. The second kappa shape index (κ2) is 11.5. The topological polar surface area (TPSA) is 81.1 Å². The van der Waals surface area contributed by atoms with Crippen LogP contribution in [0.5, 0.6) is 11.9 Å². The van der Waals surface area contributed by atoms with Crippen molar-refractivity contribution in [1.29, 1.82) is 0 Å². The fraction of sp³-hybridized carbons (Fsp3) is 0.485. The van der Waals surface area contributed by atoms with E-state index < -0.39 is 0 Å². The second-order valence-corrected chi connectivity index (χ2v) is 13.4. The summed E-state index contributed by atoms with van der Waals surface area (Å²) in [5.74, 6) is 1.12. The number of anilines is 3. The van der Waals surface area contributed by atoms with Crippen LogP contribution in [0.3, 0.4) is 0 Å². The quantitative estimate of drug-likeness (QED) is 0.287. The minimum Gasteiger partial charge on any atom is -0.493 e. The van der Waals surface area contributed by atoms with E-state index in [1.54, 1.807) is 5.38 Å². The average molecular weight is 600 g/mol. The van der Waals surface area contributed by atoms with Crippen LogP contribution in [0, 0.1) is 5.41 Å². The number of benzene rings is 2. The molecule has 0 spiro atoms. The standard InChI is InChI=1S/C33H41N7O2S/c1-4-23-7-5-8-24-9-6-10-27(29(23)24)40-14-11-25-26(19-40)34-31(42-22-33(12-13-33)21-37(2)3)36-30(25)38-15-17-39(18-16-38)32-35-28(41)20-43-32/h5-10,20,41H,4,11-19,21-22H2,1-3H3. The summed E-state index contributed by atoms with van der Waals surface area (Å²) in [6.45, 7) is 8.89. The van der Waals surface area contributed by atoms with E-state index in [9.17, 15) is 5.11 Å². The molecule has 2 aromatic carbocycles. The lowest BCUT2D eigenvalue weighted by Gasteiger charge is -2.38. The van der Waals surface area contributed by atoms with Gasteiger partial charge in [-0.05, 0) is 56.8 Å². The molecular formula is C33H41N7O2S. The fourth-order valence-corrected chi connectivity index (χ4v) is 7.54. The maximum absolute atomic E-state index is 9.75. The van der Waals surface area contributed by atoms with Gasteiger partial charge in [-0.3, -0.25) is 0 Å². The highest BCUT2D eigenvalue weighted by molar-refractivity contribution is 7.13. The van der Waals surface area contributed by atoms with Gasteiger partial charge in [-0.2, -0.15) is 15.0 Å². The summed E-state index contributed by atoms with van der Waals surface area (Å²) in [5.41, 5.74) is 5.19. The molecule has 43 heavy (non-hydrogen) atoms. The van der Waals surface area contributed by atoms with Gasteiger partial charge in [0.1, 0.15) is 5.82 Å². The van der Waals surface area contributed by atoms with Crippen LogP contribution >= 0.6 is 11.3 Å². The first kappa shape index (κ1) is 28.2. The number of thiazole rings is 1. The Balaban J connectivity index is 1.19. The van der Waals surface area contributed by atoms with Crippen molar-refractivity contribution >= 4 is 38.7 Å². The molecule has 226 valence electrons. The number of aryl methyl sites for hydroxylation is 1. The van der Waals surface area contributed by atoms with Crippen LogP contribution in [0.1, 0.15) is 36.6 Å². The number of aromatic nitrogens is 3. The van der Waals surface area contributed by atoms with Crippen molar-refractivity contribution < 1.29 is 9.84 Å². The molecular weight excluding hydrogens is 558 g/mol. The molecule has 4 aromatic rings. The van der Waals surface area contributed by atoms with Crippen LogP contribution in [-0.2, 0) is 19.4 Å². The van der Waals surface area contributed by atoms with E-state index in [1.807, 2.05) is 0 Å². The third-order valence-electron chi connectivity index (χ3n) is 9.16. The predicted octanol–water partition coefficient (Wildman–Crippen LogP) is 4.96. The minimum absolute atomic E-state index is 0.0959. The maximum Gasteiger partial charge on any atom is 0.318 e. The zero-order valence-electron chi connectivity index (χ0n) is 25.4. The van der Waals surface area contributed by atoms with Crippen molar-refractivity contribution in [3.8, 4) is 11.9 Å². The molecule has 7 rings (SSSR count). The van der Waals surface area contributed by atoms with Gasteiger partial charge >= 0.3 is 6.01 Å². The Kier molecular flexibility index (Phi) is 7.51. The summed E-state index contributed by atoms with van der Waals surface area (Å²) in [7, 11) is 4.26. The molecule has 3 aliphatic rings. The normalized spacial score (nSPS) is 17.9. The molecule has 0 bridgehead atoms. The molecule has 0 atom stereocenters. The largest absolute Gasteiger partial charge is 0.493 e. The number of rotatable bonds is 9. The first-order valence-corrected chi connectivity index (χ1v) is 16.4. The molecule has 2 fully saturated rings. The van der Waals surface area contributed by atoms with Crippen LogP contribution in [-0.4, -0.2) is 84.9 Å². The summed E-state index contributed by atoms with van der Waals surface area (Å²) in [6, 6.07) is 13.8. The Morgan fingerprint density at radius 3 is 2.42 bits per heavy atom. The lowest BCUT2D eigenvalue weighted by Crippen LogP contribution is -2.47. The summed E-state index contributed by atoms with van der Waals surface area (Å²) in [6.07, 6.45) is 4.27. The molecule has 10 heteroatoms. The third-order valence-corrected chi connectivity index (χ3v) is 10.0. The zero-order chi connectivity index (χ0) is 29.6. The molecule has 0 unspecified atom stereocenters. The predicted molar refractivity (Wildman–Crippen MR) is 174 cm³/mol. The Hall–Kier alpha value is -3.63. The van der Waals surface area contributed by atoms with Crippen LogP contribution < -0.4 is 19.4 Å². The van der Waals surface area contributed by atoms with Crippen molar-refractivity contribution in [1.82, 2.24) is 19.9 Å². The lowest BCUT2D eigenvalue weighted by atomic mass is 9.98. The number of nitrogens with zero attached hydrogens (tertiary/aromatic N) is 7. The number of hydrogen-bond acceptors (Lipinski definition) is 10. The number of ether oxygens (including phenoxy) is 1. The van der Waals surface area contributed by atoms with Gasteiger partial charge in [0.05, 0.1) is 24.2 Å². The van der Waals surface area contributed by atoms with Gasteiger partial charge in [0.25, 0.3) is 0 Å². The van der Waals surface area contributed by atoms with E-state index in [-0.39, 0.29) is 11.3 Å². The summed E-state index contributed by atoms with van der Waals surface area (Å²) in [4.78, 5) is 23.8. The van der Waals surface area contributed by atoms with Crippen molar-refractivity contribution in [3.05, 3.63) is 58.6 Å². The molecule has 1 aliphatic carbocycles. The number of hydrogen-bond donors (Lipinski definition) is 1. The van der Waals surface area contributed by atoms with E-state index in [0.717, 1.165) is 75.3 Å². The molecule has 1 N–H and O–H groups in total. The summed E-state index contributed by atoms with van der Waals surface area (Å²) in [5, 5.41) is 15.0. The van der Waals surface area contributed by atoms with Gasteiger partial charge in [-0.25, -0.2) is 0 Å². The summed E-state index contributed by atoms with van der Waals surface area (Å²) >= 11 is 1.49. The Bertz CT molecular complexity index is 1610. The molecule has 1 saturated heterocycles. The molecule has 0 radical (unpaired) electrons. The van der Waals surface area contributed by atoms with Crippen LogP contribution in [0.15, 0.2) is 41.8 Å². The number of piperazine rings is 1. The lowest BCUT2D eigenvalue weighted by molar-refractivity contribution is 0.182. The van der Waals surface area contributed by atoms with Gasteiger partial charge in [0.2, 0.25) is 5.88 Å². The van der Waals surface area contributed by atoms with Gasteiger partial charge in [0.15, 0.2) is 5.13 Å². The average Bonchev–Trinajstić information content (AvgIpc) is 3.65. The van der Waals surface area contributed by atoms with Crippen molar-refractivity contribution in [2.75, 3.05) is 74.7 Å². The van der Waals surface area contributed by atoms with Gasteiger partial charge in [-0.15, -0.1) is 11.3 Å². The third kappa shape index (κ3) is 5.70. The van der Waals surface area contributed by atoms with E-state index in [0.29, 0.717) is 12.6 Å². The SMILES string of the molecule is CCc1cccc2cccc(N3CCc4c(nc(OCC5(CN(C)C)CC5)nc4N4CCN(c5nc(O)cs5)CC4)C3)c12. The summed E-state index contributed by atoms with van der Waals surface area (Å²) < 4.78 is 6.43. The highest BCUT2D eigenvalue weighted by Gasteiger charge is 2.44. The van der Waals surface area contributed by atoms with Crippen LogP contribution in [0.4, 0.5) is 16.6 Å². The minimum atomic E-state index is 0.0959. The maximum atomic E-state index is 9.75. The van der Waals surface area contributed by atoms with Gasteiger partial charge < -0.3 is 29.4 Å². The van der Waals surface area contributed by atoms with Gasteiger partial charge in [0, 0.05) is 61.3 Å². The van der Waals surface area contributed by atoms with Crippen molar-refractivity contribution in [2.45, 2.75) is 39.2 Å². The highest BCUT2D eigenvalue weighted by atomic mass is 32.1. The molecule has 9 nitrogen and oxygen atoms in total. The zero-order valence-corrected chi connectivity index (χ0v) is 26.2. The molecule has 2 aliphatic heterocycles. The van der Waals surface area contributed by atoms with E-state index in [1.165, 1.54) is 51.8 Å². The van der Waals surface area contributed by atoms with Crippen LogP contribution in [0.25, 0.3) is 10.8 Å². The monoisotopic (exact) mass is 599 g/mol. The Labute approximate surface area is 257 Å². The van der Waals surface area contributed by atoms with E-state index >= 15 is 0 Å². The van der Waals surface area contributed by atoms with E-state index in [4.69, 9.17) is 14.7 Å². The number of fused-ring (bicyclic) bond motifs is 2. The smallest absolute Gasteiger partial charge is 0.318 e. The van der Waals surface area contributed by atoms with Gasteiger partial charge in [-0.1, -0.05) is 37.3 Å². The molecule has 1 saturated carbocycles. The fourth-order valence-electron chi connectivity index (χ4n) is 6.80. The Morgan fingerprint density at radius 1 is 0.953 bits per heavy atom. The van der Waals surface area contributed by atoms with Crippen LogP contribution in [0.2, 0.25) is 0 Å². The first-order valence-electron chi connectivity index (χ1n) is 15.5. The van der Waals surface area contributed by atoms with Crippen molar-refractivity contribution in [2.24, 2.45) is 5.41 Å². The number of aromatic hydroxyl groups is 1. The first-order chi connectivity index (χ1) is 20.9. The molecule has 0 amide bonds. The Morgan fingerprint density at radius 2 is 1.72 bits per heavy atom. The van der Waals surface area contributed by atoms with E-state index in [2.05, 4.69) is 82.0 Å².